The molecule has 0 heterocycles. The van der Waals surface area contributed by atoms with Crippen LogP contribution in [0.1, 0.15) is 52.1 Å². The molecular weight excluding hydrogens is 242 g/mol. The molecule has 1 aromatic rings. The minimum atomic E-state index is -0.461. The van der Waals surface area contributed by atoms with Crippen LogP contribution in [0.5, 0.6) is 0 Å². The fraction of sp³-hybridized carbons (Fsp3) is 0.600. The van der Waals surface area contributed by atoms with Crippen LogP contribution in [0.4, 0.5) is 0 Å². The molecule has 0 unspecified atom stereocenters. The smallest absolute Gasteiger partial charge is 0.0733 e. The van der Waals surface area contributed by atoms with Crippen LogP contribution < -0.4 is 5.73 Å². The Labute approximate surface area is 115 Å². The lowest BCUT2D eigenvalue weighted by Gasteiger charge is -2.24. The normalized spacial score (nSPS) is 15.4. The third-order valence-corrected chi connectivity index (χ3v) is 3.90. The number of aliphatic hydroxyl groups is 1. The van der Waals surface area contributed by atoms with E-state index < -0.39 is 6.10 Å². The summed E-state index contributed by atoms with van der Waals surface area (Å²) in [7, 11) is 0. The van der Waals surface area contributed by atoms with Gasteiger partial charge in [-0.2, -0.15) is 0 Å². The molecule has 0 amide bonds. The van der Waals surface area contributed by atoms with Crippen LogP contribution in [0, 0.1) is 0 Å². The van der Waals surface area contributed by atoms with Crippen molar-refractivity contribution < 1.29 is 5.11 Å². The van der Waals surface area contributed by atoms with Gasteiger partial charge in [-0.25, -0.2) is 0 Å². The van der Waals surface area contributed by atoms with E-state index in [4.69, 9.17) is 5.73 Å². The van der Waals surface area contributed by atoms with Crippen molar-refractivity contribution in [3.05, 3.63) is 29.8 Å². The third kappa shape index (κ3) is 4.63. The van der Waals surface area contributed by atoms with Crippen LogP contribution in [0.3, 0.4) is 0 Å². The SMILES string of the molecule is CCC[C@@H](O)[C@@H](N)c1ccccc1SC(C)(C)C. The van der Waals surface area contributed by atoms with Crippen LogP contribution in [0.15, 0.2) is 29.2 Å². The van der Waals surface area contributed by atoms with Crippen molar-refractivity contribution in [3.63, 3.8) is 0 Å². The molecule has 2 atom stereocenters. The van der Waals surface area contributed by atoms with Gasteiger partial charge in [-0.1, -0.05) is 52.3 Å². The predicted molar refractivity (Wildman–Crippen MR) is 79.9 cm³/mol. The Morgan fingerprint density at radius 2 is 1.89 bits per heavy atom. The standard InChI is InChI=1S/C15H25NOS/c1-5-8-12(17)14(16)11-9-6-7-10-13(11)18-15(2,3)4/h6-7,9-10,12,14,17H,5,8,16H2,1-4H3/t12-,14+/m1/s1. The largest absolute Gasteiger partial charge is 0.391 e. The molecule has 0 spiro atoms. The summed E-state index contributed by atoms with van der Waals surface area (Å²) in [6.45, 7) is 8.61. The van der Waals surface area contributed by atoms with Crippen molar-refractivity contribution in [1.82, 2.24) is 0 Å². The molecule has 18 heavy (non-hydrogen) atoms. The van der Waals surface area contributed by atoms with Crippen molar-refractivity contribution in [1.29, 1.82) is 0 Å². The Morgan fingerprint density at radius 1 is 1.28 bits per heavy atom. The van der Waals surface area contributed by atoms with E-state index in [0.717, 1.165) is 18.4 Å². The highest BCUT2D eigenvalue weighted by molar-refractivity contribution is 8.00. The first kappa shape index (κ1) is 15.5. The highest BCUT2D eigenvalue weighted by Gasteiger charge is 2.21. The molecule has 3 N–H and O–H groups in total. The van der Waals surface area contributed by atoms with Gasteiger partial charge in [0, 0.05) is 9.64 Å². The minimum absolute atomic E-state index is 0.144. The Kier molecular flexibility index (Phi) is 5.70. The van der Waals surface area contributed by atoms with Gasteiger partial charge in [0.25, 0.3) is 0 Å². The molecule has 0 aliphatic carbocycles. The summed E-state index contributed by atoms with van der Waals surface area (Å²) in [5.74, 6) is 0. The van der Waals surface area contributed by atoms with Gasteiger partial charge in [-0.15, -0.1) is 11.8 Å². The molecule has 2 nitrogen and oxygen atoms in total. The number of thioether (sulfide) groups is 1. The monoisotopic (exact) mass is 267 g/mol. The minimum Gasteiger partial charge on any atom is -0.391 e. The van der Waals surface area contributed by atoms with Crippen molar-refractivity contribution in [2.45, 2.75) is 62.3 Å². The number of aliphatic hydroxyl groups excluding tert-OH is 1. The average Bonchev–Trinajstić information content (AvgIpc) is 2.27. The maximum atomic E-state index is 10.1. The zero-order chi connectivity index (χ0) is 13.8. The fourth-order valence-electron chi connectivity index (χ4n) is 1.86. The van der Waals surface area contributed by atoms with E-state index in [1.165, 1.54) is 4.90 Å². The molecule has 1 aromatic carbocycles. The van der Waals surface area contributed by atoms with Crippen LogP contribution in [-0.2, 0) is 0 Å². The quantitative estimate of drug-likeness (QED) is 0.799. The molecule has 0 aliphatic rings. The molecule has 1 rings (SSSR count). The summed E-state index contributed by atoms with van der Waals surface area (Å²) in [6.07, 6.45) is 1.23. The Bertz CT molecular complexity index is 373. The topological polar surface area (TPSA) is 46.2 Å². The Morgan fingerprint density at radius 3 is 2.44 bits per heavy atom. The lowest BCUT2D eigenvalue weighted by Crippen LogP contribution is -2.26. The molecule has 0 fully saturated rings. The van der Waals surface area contributed by atoms with E-state index in [1.54, 1.807) is 11.8 Å². The molecule has 0 radical (unpaired) electrons. The molecule has 0 aromatic heterocycles. The lowest BCUT2D eigenvalue weighted by atomic mass is 9.99. The van der Waals surface area contributed by atoms with E-state index >= 15 is 0 Å². The summed E-state index contributed by atoms with van der Waals surface area (Å²) in [5, 5.41) is 10.1. The fourth-order valence-corrected chi connectivity index (χ4v) is 2.99. The maximum absolute atomic E-state index is 10.1. The van der Waals surface area contributed by atoms with E-state index in [2.05, 4.69) is 33.8 Å². The van der Waals surface area contributed by atoms with Gasteiger partial charge in [0.15, 0.2) is 0 Å². The van der Waals surface area contributed by atoms with E-state index in [-0.39, 0.29) is 10.8 Å². The molecule has 3 heteroatoms. The van der Waals surface area contributed by atoms with Crippen molar-refractivity contribution in [2.24, 2.45) is 5.73 Å². The zero-order valence-electron chi connectivity index (χ0n) is 11.8. The van der Waals surface area contributed by atoms with Crippen LogP contribution >= 0.6 is 11.8 Å². The number of benzene rings is 1. The highest BCUT2D eigenvalue weighted by Crippen LogP contribution is 2.36. The van der Waals surface area contributed by atoms with E-state index in [1.807, 2.05) is 18.2 Å². The van der Waals surface area contributed by atoms with Gasteiger partial charge in [-0.05, 0) is 18.1 Å². The first-order valence-electron chi connectivity index (χ1n) is 6.56. The third-order valence-electron chi connectivity index (χ3n) is 2.69. The molecule has 0 aliphatic heterocycles. The summed E-state index contributed by atoms with van der Waals surface area (Å²) in [4.78, 5) is 1.17. The lowest BCUT2D eigenvalue weighted by molar-refractivity contribution is 0.133. The predicted octanol–water partition coefficient (Wildman–Crippen LogP) is 3.74. The Hall–Kier alpha value is -0.510. The zero-order valence-corrected chi connectivity index (χ0v) is 12.6. The number of nitrogens with two attached hydrogens (primary N) is 1. The molecule has 0 saturated heterocycles. The summed E-state index contributed by atoms with van der Waals surface area (Å²) in [5.41, 5.74) is 7.23. The molecular formula is C15H25NOS. The van der Waals surface area contributed by atoms with Crippen LogP contribution in [-0.4, -0.2) is 16.0 Å². The number of hydrogen-bond donors (Lipinski definition) is 2. The summed E-state index contributed by atoms with van der Waals surface area (Å²) >= 11 is 1.80. The van der Waals surface area contributed by atoms with E-state index in [0.29, 0.717) is 0 Å². The second-order valence-electron chi connectivity index (χ2n) is 5.63. The summed E-state index contributed by atoms with van der Waals surface area (Å²) in [6, 6.07) is 7.83. The number of rotatable bonds is 5. The highest BCUT2D eigenvalue weighted by atomic mass is 32.2. The van der Waals surface area contributed by atoms with Gasteiger partial charge in [-0.3, -0.25) is 0 Å². The van der Waals surface area contributed by atoms with Crippen LogP contribution in [0.25, 0.3) is 0 Å². The first-order chi connectivity index (χ1) is 8.35. The molecule has 0 saturated carbocycles. The molecule has 102 valence electrons. The van der Waals surface area contributed by atoms with Gasteiger partial charge in [0.1, 0.15) is 0 Å². The van der Waals surface area contributed by atoms with Gasteiger partial charge < -0.3 is 10.8 Å². The van der Waals surface area contributed by atoms with Gasteiger partial charge in [0.2, 0.25) is 0 Å². The Balaban J connectivity index is 2.94. The van der Waals surface area contributed by atoms with Gasteiger partial charge >= 0.3 is 0 Å². The van der Waals surface area contributed by atoms with Gasteiger partial charge in [0.05, 0.1) is 12.1 Å². The molecule has 0 bridgehead atoms. The first-order valence-corrected chi connectivity index (χ1v) is 7.38. The van der Waals surface area contributed by atoms with Crippen LogP contribution in [0.2, 0.25) is 0 Å². The average molecular weight is 267 g/mol. The van der Waals surface area contributed by atoms with Crippen molar-refractivity contribution >= 4 is 11.8 Å². The van der Waals surface area contributed by atoms with Crippen molar-refractivity contribution in [2.75, 3.05) is 0 Å². The van der Waals surface area contributed by atoms with Crippen molar-refractivity contribution in [3.8, 4) is 0 Å². The summed E-state index contributed by atoms with van der Waals surface area (Å²) < 4.78 is 0.144. The second-order valence-corrected chi connectivity index (χ2v) is 7.50. The number of hydrogen-bond acceptors (Lipinski definition) is 3. The second kappa shape index (κ2) is 6.60. The maximum Gasteiger partial charge on any atom is 0.0733 e. The van der Waals surface area contributed by atoms with E-state index in [9.17, 15) is 5.11 Å².